The molecule has 2 atom stereocenters. The van der Waals surface area contributed by atoms with Gasteiger partial charge in [-0.25, -0.2) is 0 Å². The van der Waals surface area contributed by atoms with Crippen molar-refractivity contribution >= 4 is 17.3 Å². The molecule has 1 heterocycles. The van der Waals surface area contributed by atoms with E-state index in [1.165, 1.54) is 0 Å². The van der Waals surface area contributed by atoms with Gasteiger partial charge in [0.15, 0.2) is 0 Å². The molecule has 0 radical (unpaired) electrons. The van der Waals surface area contributed by atoms with Gasteiger partial charge in [0.05, 0.1) is 30.0 Å². The van der Waals surface area contributed by atoms with Crippen LogP contribution in [0, 0.1) is 5.92 Å². The molecule has 2 rings (SSSR count). The van der Waals surface area contributed by atoms with Crippen molar-refractivity contribution in [2.75, 3.05) is 37.5 Å². The Kier molecular flexibility index (Phi) is 5.38. The summed E-state index contributed by atoms with van der Waals surface area (Å²) in [6.45, 7) is 3.93. The summed E-state index contributed by atoms with van der Waals surface area (Å²) in [7, 11) is 1.66. The highest BCUT2D eigenvalue weighted by atomic mass is 16.5. The van der Waals surface area contributed by atoms with Crippen molar-refractivity contribution < 1.29 is 14.3 Å². The molecule has 110 valence electrons. The number of para-hydroxylation sites is 2. The minimum Gasteiger partial charge on any atom is -0.383 e. The lowest BCUT2D eigenvalue weighted by Gasteiger charge is -2.17. The molecule has 0 aromatic heterocycles. The zero-order valence-electron chi connectivity index (χ0n) is 12.0. The molecule has 1 aromatic carbocycles. The second-order valence-corrected chi connectivity index (χ2v) is 4.93. The summed E-state index contributed by atoms with van der Waals surface area (Å²) in [6.07, 6.45) is 0.773. The maximum Gasteiger partial charge on any atom is 0.230 e. The molecule has 5 nitrogen and oxygen atoms in total. The van der Waals surface area contributed by atoms with Crippen LogP contribution in [0.5, 0.6) is 0 Å². The molecule has 1 amide bonds. The Morgan fingerprint density at radius 2 is 2.15 bits per heavy atom. The van der Waals surface area contributed by atoms with E-state index in [0.29, 0.717) is 19.8 Å². The third kappa shape index (κ3) is 3.71. The van der Waals surface area contributed by atoms with Crippen LogP contribution in [-0.4, -0.2) is 38.9 Å². The van der Waals surface area contributed by atoms with Crippen LogP contribution in [0.15, 0.2) is 24.3 Å². The van der Waals surface area contributed by atoms with Gasteiger partial charge in [0, 0.05) is 20.3 Å². The minimum atomic E-state index is -0.0676. The van der Waals surface area contributed by atoms with E-state index in [0.717, 1.165) is 17.8 Å². The molecule has 0 unspecified atom stereocenters. The lowest BCUT2D eigenvalue weighted by Crippen LogP contribution is -2.28. The quantitative estimate of drug-likeness (QED) is 0.782. The first-order chi connectivity index (χ1) is 9.72. The highest BCUT2D eigenvalue weighted by Crippen LogP contribution is 2.25. The summed E-state index contributed by atoms with van der Waals surface area (Å²) >= 11 is 0. The van der Waals surface area contributed by atoms with Gasteiger partial charge in [-0.1, -0.05) is 12.1 Å². The van der Waals surface area contributed by atoms with Gasteiger partial charge in [0.1, 0.15) is 0 Å². The van der Waals surface area contributed by atoms with Gasteiger partial charge in [0.2, 0.25) is 5.91 Å². The average Bonchev–Trinajstić information content (AvgIpc) is 2.87. The normalized spacial score (nSPS) is 21.7. The number of anilines is 2. The van der Waals surface area contributed by atoms with Gasteiger partial charge < -0.3 is 20.1 Å². The standard InChI is InChI=1S/C15H22N2O3/c1-11-12(7-9-20-11)15(18)17-14-6-4-3-5-13(14)16-8-10-19-2/h3-6,11-12,16H,7-10H2,1-2H3,(H,17,18)/t11-,12+/m1/s1. The number of amides is 1. The summed E-state index contributed by atoms with van der Waals surface area (Å²) in [6, 6.07) is 7.69. The monoisotopic (exact) mass is 278 g/mol. The summed E-state index contributed by atoms with van der Waals surface area (Å²) in [5, 5.41) is 6.24. The van der Waals surface area contributed by atoms with E-state index in [1.54, 1.807) is 7.11 Å². The van der Waals surface area contributed by atoms with Crippen LogP contribution >= 0.6 is 0 Å². The molecule has 1 aliphatic rings. The van der Waals surface area contributed by atoms with E-state index in [1.807, 2.05) is 31.2 Å². The summed E-state index contributed by atoms with van der Waals surface area (Å²) in [4.78, 5) is 12.3. The van der Waals surface area contributed by atoms with Crippen molar-refractivity contribution in [2.45, 2.75) is 19.4 Å². The maximum atomic E-state index is 12.3. The summed E-state index contributed by atoms with van der Waals surface area (Å²) in [5.74, 6) is -0.0435. The second-order valence-electron chi connectivity index (χ2n) is 4.93. The fourth-order valence-electron chi connectivity index (χ4n) is 2.34. The molecule has 5 heteroatoms. The molecule has 20 heavy (non-hydrogen) atoms. The number of ether oxygens (including phenoxy) is 2. The van der Waals surface area contributed by atoms with E-state index in [9.17, 15) is 4.79 Å². The second kappa shape index (κ2) is 7.26. The van der Waals surface area contributed by atoms with Crippen LogP contribution in [0.25, 0.3) is 0 Å². The van der Waals surface area contributed by atoms with Crippen molar-refractivity contribution in [2.24, 2.45) is 5.92 Å². The first kappa shape index (κ1) is 14.8. The van der Waals surface area contributed by atoms with Crippen LogP contribution in [0.4, 0.5) is 11.4 Å². The Morgan fingerprint density at radius 1 is 1.40 bits per heavy atom. The van der Waals surface area contributed by atoms with Gasteiger partial charge in [-0.2, -0.15) is 0 Å². The summed E-state index contributed by atoms with van der Waals surface area (Å²) in [5.41, 5.74) is 1.71. The third-order valence-corrected chi connectivity index (χ3v) is 3.52. The number of hydrogen-bond donors (Lipinski definition) is 2. The van der Waals surface area contributed by atoms with Crippen LogP contribution in [-0.2, 0) is 14.3 Å². The first-order valence-electron chi connectivity index (χ1n) is 6.96. The smallest absolute Gasteiger partial charge is 0.230 e. The fourth-order valence-corrected chi connectivity index (χ4v) is 2.34. The molecule has 0 aliphatic carbocycles. The van der Waals surface area contributed by atoms with E-state index >= 15 is 0 Å². The molecular weight excluding hydrogens is 256 g/mol. The molecule has 1 aliphatic heterocycles. The zero-order valence-corrected chi connectivity index (χ0v) is 12.0. The maximum absolute atomic E-state index is 12.3. The topological polar surface area (TPSA) is 59.6 Å². The zero-order chi connectivity index (χ0) is 14.4. The van der Waals surface area contributed by atoms with E-state index < -0.39 is 0 Å². The Bertz CT molecular complexity index is 450. The first-order valence-corrected chi connectivity index (χ1v) is 6.96. The van der Waals surface area contributed by atoms with Crippen molar-refractivity contribution in [1.29, 1.82) is 0 Å². The number of carbonyl (C=O) groups excluding carboxylic acids is 1. The molecule has 1 aromatic rings. The van der Waals surface area contributed by atoms with E-state index in [-0.39, 0.29) is 17.9 Å². The van der Waals surface area contributed by atoms with Crippen molar-refractivity contribution in [3.8, 4) is 0 Å². The Morgan fingerprint density at radius 3 is 2.80 bits per heavy atom. The number of nitrogens with one attached hydrogen (secondary N) is 2. The predicted molar refractivity (Wildman–Crippen MR) is 79.0 cm³/mol. The number of hydrogen-bond acceptors (Lipinski definition) is 4. The highest BCUT2D eigenvalue weighted by Gasteiger charge is 2.30. The lowest BCUT2D eigenvalue weighted by atomic mass is 10.0. The number of rotatable bonds is 6. The van der Waals surface area contributed by atoms with Crippen molar-refractivity contribution in [3.63, 3.8) is 0 Å². The van der Waals surface area contributed by atoms with Gasteiger partial charge in [-0.15, -0.1) is 0 Å². The SMILES string of the molecule is COCCNc1ccccc1NC(=O)[C@H]1CCO[C@@H]1C. The number of methoxy groups -OCH3 is 1. The molecule has 1 fully saturated rings. The molecule has 1 saturated heterocycles. The Labute approximate surface area is 119 Å². The van der Waals surface area contributed by atoms with Gasteiger partial charge >= 0.3 is 0 Å². The average molecular weight is 278 g/mol. The molecule has 2 N–H and O–H groups in total. The van der Waals surface area contributed by atoms with Crippen LogP contribution < -0.4 is 10.6 Å². The highest BCUT2D eigenvalue weighted by molar-refractivity contribution is 5.96. The van der Waals surface area contributed by atoms with Gasteiger partial charge in [0.25, 0.3) is 0 Å². The van der Waals surface area contributed by atoms with Crippen molar-refractivity contribution in [1.82, 2.24) is 0 Å². The molecule has 0 bridgehead atoms. The van der Waals surface area contributed by atoms with Crippen LogP contribution in [0.2, 0.25) is 0 Å². The number of carbonyl (C=O) groups is 1. The molecular formula is C15H22N2O3. The van der Waals surface area contributed by atoms with E-state index in [2.05, 4.69) is 10.6 Å². The van der Waals surface area contributed by atoms with Crippen LogP contribution in [0.1, 0.15) is 13.3 Å². The summed E-state index contributed by atoms with van der Waals surface area (Å²) < 4.78 is 10.5. The lowest BCUT2D eigenvalue weighted by molar-refractivity contribution is -0.121. The minimum absolute atomic E-state index is 0.0105. The number of benzene rings is 1. The largest absolute Gasteiger partial charge is 0.383 e. The van der Waals surface area contributed by atoms with E-state index in [4.69, 9.17) is 9.47 Å². The molecule has 0 saturated carbocycles. The van der Waals surface area contributed by atoms with Gasteiger partial charge in [-0.3, -0.25) is 4.79 Å². The van der Waals surface area contributed by atoms with Crippen molar-refractivity contribution in [3.05, 3.63) is 24.3 Å². The molecule has 0 spiro atoms. The fraction of sp³-hybridized carbons (Fsp3) is 0.533. The van der Waals surface area contributed by atoms with Crippen LogP contribution in [0.3, 0.4) is 0 Å². The predicted octanol–water partition coefficient (Wildman–Crippen LogP) is 2.11. The Hall–Kier alpha value is -1.59. The Balaban J connectivity index is 1.99. The van der Waals surface area contributed by atoms with Gasteiger partial charge in [-0.05, 0) is 25.5 Å². The third-order valence-electron chi connectivity index (χ3n) is 3.52.